The van der Waals surface area contributed by atoms with Gasteiger partial charge in [-0.25, -0.2) is 8.78 Å². The molecule has 2 saturated carbocycles. The Labute approximate surface area is 179 Å². The van der Waals surface area contributed by atoms with Gasteiger partial charge in [-0.3, -0.25) is 4.79 Å². The van der Waals surface area contributed by atoms with Crippen LogP contribution >= 0.6 is 11.6 Å². The molecule has 2 N–H and O–H groups in total. The van der Waals surface area contributed by atoms with Gasteiger partial charge in [0.2, 0.25) is 5.92 Å². The van der Waals surface area contributed by atoms with E-state index in [-0.39, 0.29) is 44.3 Å². The third-order valence-corrected chi connectivity index (χ3v) is 7.88. The lowest BCUT2D eigenvalue weighted by molar-refractivity contribution is -0.105. The number of aromatic nitrogens is 1. The van der Waals surface area contributed by atoms with E-state index in [0.717, 1.165) is 36.8 Å². The summed E-state index contributed by atoms with van der Waals surface area (Å²) in [5.41, 5.74) is 0.773. The number of aliphatic hydroxyl groups is 1. The van der Waals surface area contributed by atoms with Gasteiger partial charge in [0.25, 0.3) is 0 Å². The Balaban J connectivity index is 1.35. The van der Waals surface area contributed by atoms with Gasteiger partial charge in [-0.15, -0.1) is 0 Å². The predicted molar refractivity (Wildman–Crippen MR) is 112 cm³/mol. The summed E-state index contributed by atoms with van der Waals surface area (Å²) in [6.45, 7) is 2.12. The average molecular weight is 437 g/mol. The van der Waals surface area contributed by atoms with Gasteiger partial charge in [0, 0.05) is 55.5 Å². The van der Waals surface area contributed by atoms with Gasteiger partial charge in [0.15, 0.2) is 5.78 Å². The van der Waals surface area contributed by atoms with E-state index in [1.165, 1.54) is 0 Å². The monoisotopic (exact) mass is 436 g/mol. The van der Waals surface area contributed by atoms with Gasteiger partial charge in [0.1, 0.15) is 0 Å². The van der Waals surface area contributed by atoms with Crippen molar-refractivity contribution in [2.24, 2.45) is 5.41 Å². The van der Waals surface area contributed by atoms with Crippen LogP contribution in [0.25, 0.3) is 10.9 Å². The van der Waals surface area contributed by atoms with Crippen LogP contribution in [0.3, 0.4) is 0 Å². The van der Waals surface area contributed by atoms with Crippen LogP contribution in [0.2, 0.25) is 5.02 Å². The summed E-state index contributed by atoms with van der Waals surface area (Å²) in [5, 5.41) is 15.3. The molecule has 4 nitrogen and oxygen atoms in total. The second kappa shape index (κ2) is 7.01. The van der Waals surface area contributed by atoms with E-state index < -0.39 is 11.5 Å². The minimum atomic E-state index is -2.70. The van der Waals surface area contributed by atoms with Crippen LogP contribution in [0.1, 0.15) is 67.8 Å². The number of Topliss-reactive ketones (excluding diaryl/α,β-unsaturated/α-hetero) is 1. The maximum absolute atomic E-state index is 13.4. The molecular formula is C23H27ClF2N2O2. The van der Waals surface area contributed by atoms with Crippen molar-refractivity contribution < 1.29 is 18.7 Å². The van der Waals surface area contributed by atoms with Crippen LogP contribution in [0.5, 0.6) is 0 Å². The Bertz CT molecular complexity index is 980. The highest BCUT2D eigenvalue weighted by atomic mass is 35.5. The largest absolute Gasteiger partial charge is 0.390 e. The van der Waals surface area contributed by atoms with E-state index >= 15 is 0 Å². The Morgan fingerprint density at radius 2 is 1.90 bits per heavy atom. The molecule has 1 aliphatic heterocycles. The number of carbonyl (C=O) groups excluding carboxylic acids is 1. The van der Waals surface area contributed by atoms with Crippen molar-refractivity contribution in [3.63, 3.8) is 0 Å². The molecule has 0 bridgehead atoms. The van der Waals surface area contributed by atoms with Crippen molar-refractivity contribution >= 4 is 28.3 Å². The molecule has 162 valence electrons. The minimum Gasteiger partial charge on any atom is -0.390 e. The summed E-state index contributed by atoms with van der Waals surface area (Å²) in [4.78, 5) is 13.1. The predicted octanol–water partition coefficient (Wildman–Crippen LogP) is 5.12. The van der Waals surface area contributed by atoms with Crippen LogP contribution < -0.4 is 5.32 Å². The quantitative estimate of drug-likeness (QED) is 0.639. The normalized spacial score (nSPS) is 26.3. The Kier molecular flexibility index (Phi) is 4.77. The number of alkyl halides is 2. The zero-order valence-electron chi connectivity index (χ0n) is 16.9. The van der Waals surface area contributed by atoms with Crippen LogP contribution in [-0.2, 0) is 0 Å². The first-order valence-corrected chi connectivity index (χ1v) is 11.2. The molecule has 3 aliphatic rings. The molecule has 2 aliphatic carbocycles. The lowest BCUT2D eigenvalue weighted by atomic mass is 9.61. The first-order chi connectivity index (χ1) is 14.2. The number of rotatable bonds is 5. The summed E-state index contributed by atoms with van der Waals surface area (Å²) >= 11 is 6.48. The van der Waals surface area contributed by atoms with Crippen LogP contribution in [-0.4, -0.2) is 40.1 Å². The summed E-state index contributed by atoms with van der Waals surface area (Å²) in [6.07, 6.45) is 3.88. The second-order valence-corrected chi connectivity index (χ2v) is 10.2. The van der Waals surface area contributed by atoms with E-state index in [4.69, 9.17) is 11.6 Å². The molecule has 1 spiro atoms. The van der Waals surface area contributed by atoms with E-state index in [9.17, 15) is 18.7 Å². The number of carbonyl (C=O) groups is 1. The molecule has 2 aromatic rings. The molecule has 30 heavy (non-hydrogen) atoms. The van der Waals surface area contributed by atoms with Gasteiger partial charge in [0.05, 0.1) is 16.1 Å². The summed E-state index contributed by atoms with van der Waals surface area (Å²) < 4.78 is 29.1. The fourth-order valence-corrected chi connectivity index (χ4v) is 5.77. The number of nitrogens with one attached hydrogen (secondary N) is 1. The van der Waals surface area contributed by atoms with Gasteiger partial charge in [-0.1, -0.05) is 17.7 Å². The lowest BCUT2D eigenvalue weighted by Crippen LogP contribution is -2.60. The molecule has 1 aromatic heterocycles. The van der Waals surface area contributed by atoms with Gasteiger partial charge in [-0.2, -0.15) is 0 Å². The van der Waals surface area contributed by atoms with Gasteiger partial charge < -0.3 is 15.0 Å². The molecule has 0 amide bonds. The highest BCUT2D eigenvalue weighted by molar-refractivity contribution is 6.37. The van der Waals surface area contributed by atoms with Crippen molar-refractivity contribution in [2.75, 3.05) is 13.1 Å². The van der Waals surface area contributed by atoms with Crippen molar-refractivity contribution in [3.8, 4) is 0 Å². The SMILES string of the molecule is O=C(CCC1(O)CCC(F)(F)CC1)c1cn(C2CC3(CNC3)C2)c2cccc(Cl)c12. The summed E-state index contributed by atoms with van der Waals surface area (Å²) in [6, 6.07) is 6.05. The molecule has 3 fully saturated rings. The number of ketones is 1. The van der Waals surface area contributed by atoms with Crippen molar-refractivity contribution in [2.45, 2.75) is 68.9 Å². The Morgan fingerprint density at radius 1 is 1.20 bits per heavy atom. The standard InChI is InChI=1S/C23H27ClF2N2O2/c24-17-2-1-3-18-20(17)16(12-28(18)15-10-21(11-15)13-27-14-21)19(29)4-5-22(30)6-8-23(25,26)9-7-22/h1-3,12,15,27,30H,4-11,13-14H2. The van der Waals surface area contributed by atoms with E-state index in [1.807, 2.05) is 18.3 Å². The molecule has 0 unspecified atom stereocenters. The number of hydrogen-bond acceptors (Lipinski definition) is 3. The maximum Gasteiger partial charge on any atom is 0.248 e. The highest BCUT2D eigenvalue weighted by Gasteiger charge is 2.49. The molecule has 0 atom stereocenters. The smallest absolute Gasteiger partial charge is 0.248 e. The molecule has 7 heteroatoms. The Hall–Kier alpha value is -1.50. The molecule has 5 rings (SSSR count). The zero-order valence-corrected chi connectivity index (χ0v) is 17.7. The van der Waals surface area contributed by atoms with Gasteiger partial charge in [-0.05, 0) is 49.7 Å². The first-order valence-electron chi connectivity index (χ1n) is 10.8. The number of hydrogen-bond donors (Lipinski definition) is 2. The maximum atomic E-state index is 13.4. The fourth-order valence-electron chi connectivity index (χ4n) is 5.50. The van der Waals surface area contributed by atoms with E-state index in [1.54, 1.807) is 6.07 Å². The van der Waals surface area contributed by atoms with Crippen molar-refractivity contribution in [3.05, 3.63) is 35.0 Å². The van der Waals surface area contributed by atoms with E-state index in [2.05, 4.69) is 9.88 Å². The minimum absolute atomic E-state index is 0.0357. The van der Waals surface area contributed by atoms with Crippen LogP contribution in [0.15, 0.2) is 24.4 Å². The highest BCUT2D eigenvalue weighted by Crippen LogP contribution is 2.52. The fraction of sp³-hybridized carbons (Fsp3) is 0.609. The average Bonchev–Trinajstić information content (AvgIpc) is 3.02. The second-order valence-electron chi connectivity index (χ2n) is 9.75. The van der Waals surface area contributed by atoms with Crippen molar-refractivity contribution in [1.82, 2.24) is 9.88 Å². The third kappa shape index (κ3) is 3.47. The molecular weight excluding hydrogens is 410 g/mol. The third-order valence-electron chi connectivity index (χ3n) is 7.57. The summed E-state index contributed by atoms with van der Waals surface area (Å²) in [7, 11) is 0. The number of nitrogens with zero attached hydrogens (tertiary/aromatic N) is 1. The molecule has 1 aromatic carbocycles. The number of benzene rings is 1. The van der Waals surface area contributed by atoms with Crippen LogP contribution in [0, 0.1) is 5.41 Å². The zero-order chi connectivity index (χ0) is 21.1. The van der Waals surface area contributed by atoms with Crippen molar-refractivity contribution in [1.29, 1.82) is 0 Å². The first kappa shape index (κ1) is 20.4. The molecule has 1 saturated heterocycles. The molecule has 2 heterocycles. The van der Waals surface area contributed by atoms with Gasteiger partial charge >= 0.3 is 0 Å². The lowest BCUT2D eigenvalue weighted by Gasteiger charge is -2.54. The number of halogens is 3. The topological polar surface area (TPSA) is 54.3 Å². The molecule has 0 radical (unpaired) electrons. The van der Waals surface area contributed by atoms with E-state index in [0.29, 0.717) is 22.0 Å². The summed E-state index contributed by atoms with van der Waals surface area (Å²) in [5.74, 6) is -2.79. The Morgan fingerprint density at radius 3 is 2.53 bits per heavy atom. The number of fused-ring (bicyclic) bond motifs is 1. The van der Waals surface area contributed by atoms with Crippen LogP contribution in [0.4, 0.5) is 8.78 Å².